The zero-order valence-corrected chi connectivity index (χ0v) is 12.6. The number of benzene rings is 1. The molecule has 1 amide bonds. The Morgan fingerprint density at radius 2 is 1.95 bits per heavy atom. The van der Waals surface area contributed by atoms with Gasteiger partial charge in [-0.1, -0.05) is 12.1 Å². The van der Waals surface area contributed by atoms with Crippen LogP contribution in [0.25, 0.3) is 0 Å². The van der Waals surface area contributed by atoms with Gasteiger partial charge in [-0.2, -0.15) is 0 Å². The Morgan fingerprint density at radius 1 is 1.19 bits per heavy atom. The van der Waals surface area contributed by atoms with Gasteiger partial charge in [-0.15, -0.1) is 0 Å². The maximum atomic E-state index is 12.3. The molecule has 0 atom stereocenters. The largest absolute Gasteiger partial charge is 0.376 e. The average molecular weight is 284 g/mol. The minimum Gasteiger partial charge on any atom is -0.376 e. The fourth-order valence-corrected chi connectivity index (χ4v) is 1.98. The number of rotatable bonds is 5. The first-order valence-corrected chi connectivity index (χ1v) is 6.89. The summed E-state index contributed by atoms with van der Waals surface area (Å²) in [5, 5.41) is 6.02. The van der Waals surface area contributed by atoms with Crippen LogP contribution < -0.4 is 15.5 Å². The van der Waals surface area contributed by atoms with Gasteiger partial charge in [-0.3, -0.25) is 4.79 Å². The third-order valence-corrected chi connectivity index (χ3v) is 3.02. The molecule has 0 aliphatic heterocycles. The van der Waals surface area contributed by atoms with Crippen LogP contribution in [0, 0.1) is 0 Å². The summed E-state index contributed by atoms with van der Waals surface area (Å²) in [4.78, 5) is 18.4. The van der Waals surface area contributed by atoms with Crippen LogP contribution in [-0.2, 0) is 0 Å². The first-order valence-electron chi connectivity index (χ1n) is 6.89. The Labute approximate surface area is 125 Å². The van der Waals surface area contributed by atoms with Crippen molar-refractivity contribution in [3.05, 3.63) is 48.2 Å². The minimum atomic E-state index is -0.167. The van der Waals surface area contributed by atoms with Gasteiger partial charge >= 0.3 is 0 Å². The number of carbonyl (C=O) groups excluding carboxylic acids is 1. The number of nitrogens with zero attached hydrogens (tertiary/aromatic N) is 2. The molecule has 21 heavy (non-hydrogen) atoms. The van der Waals surface area contributed by atoms with Crippen molar-refractivity contribution in [2.24, 2.45) is 0 Å². The molecule has 5 heteroatoms. The van der Waals surface area contributed by atoms with E-state index in [9.17, 15) is 4.79 Å². The van der Waals surface area contributed by atoms with E-state index in [1.54, 1.807) is 18.3 Å². The van der Waals surface area contributed by atoms with E-state index < -0.39 is 0 Å². The summed E-state index contributed by atoms with van der Waals surface area (Å²) in [6.45, 7) is 2.80. The lowest BCUT2D eigenvalue weighted by Crippen LogP contribution is -2.17. The van der Waals surface area contributed by atoms with Crippen molar-refractivity contribution in [1.82, 2.24) is 4.98 Å². The molecule has 2 rings (SSSR count). The van der Waals surface area contributed by atoms with Gasteiger partial charge in [0.15, 0.2) is 0 Å². The van der Waals surface area contributed by atoms with Crippen molar-refractivity contribution < 1.29 is 4.79 Å². The Morgan fingerprint density at radius 3 is 2.57 bits per heavy atom. The van der Waals surface area contributed by atoms with Crippen LogP contribution in [-0.4, -0.2) is 31.5 Å². The maximum absolute atomic E-state index is 12.3. The minimum absolute atomic E-state index is 0.167. The van der Waals surface area contributed by atoms with Gasteiger partial charge in [0, 0.05) is 26.8 Å². The van der Waals surface area contributed by atoms with E-state index in [4.69, 9.17) is 0 Å². The van der Waals surface area contributed by atoms with Crippen molar-refractivity contribution in [2.45, 2.75) is 6.92 Å². The van der Waals surface area contributed by atoms with Crippen molar-refractivity contribution in [2.75, 3.05) is 36.2 Å². The second-order valence-corrected chi connectivity index (χ2v) is 4.83. The average Bonchev–Trinajstić information content (AvgIpc) is 2.48. The highest BCUT2D eigenvalue weighted by molar-refractivity contribution is 6.05. The lowest BCUT2D eigenvalue weighted by atomic mass is 10.2. The highest BCUT2D eigenvalue weighted by Crippen LogP contribution is 2.24. The predicted octanol–water partition coefficient (Wildman–Crippen LogP) is 2.83. The van der Waals surface area contributed by atoms with Crippen LogP contribution in [0.2, 0.25) is 0 Å². The van der Waals surface area contributed by atoms with Crippen LogP contribution >= 0.6 is 0 Å². The van der Waals surface area contributed by atoms with E-state index in [-0.39, 0.29) is 5.91 Å². The second-order valence-electron chi connectivity index (χ2n) is 4.83. The van der Waals surface area contributed by atoms with Crippen LogP contribution in [0.4, 0.5) is 17.2 Å². The Hall–Kier alpha value is -2.56. The molecule has 0 saturated heterocycles. The number of nitrogens with one attached hydrogen (secondary N) is 2. The molecule has 1 aromatic carbocycles. The molecule has 1 aromatic heterocycles. The van der Waals surface area contributed by atoms with Gasteiger partial charge in [0.1, 0.15) is 5.82 Å². The quantitative estimate of drug-likeness (QED) is 0.886. The van der Waals surface area contributed by atoms with Gasteiger partial charge in [0.2, 0.25) is 0 Å². The van der Waals surface area contributed by atoms with Gasteiger partial charge in [-0.05, 0) is 31.2 Å². The fraction of sp³-hybridized carbons (Fsp3) is 0.250. The van der Waals surface area contributed by atoms with Crippen LogP contribution in [0.1, 0.15) is 17.3 Å². The standard InChI is InChI=1S/C16H20N4O/c1-4-17-15-10-9-12(11-18-15)16(21)19-13-7-5-6-8-14(13)20(2)3/h5-11H,4H2,1-3H3,(H,17,18)(H,19,21). The molecule has 0 fully saturated rings. The molecule has 0 spiro atoms. The summed E-state index contributed by atoms with van der Waals surface area (Å²) < 4.78 is 0. The highest BCUT2D eigenvalue weighted by atomic mass is 16.1. The van der Waals surface area contributed by atoms with E-state index in [0.29, 0.717) is 5.56 Å². The number of anilines is 3. The Kier molecular flexibility index (Phi) is 4.77. The Bertz CT molecular complexity index is 608. The third-order valence-electron chi connectivity index (χ3n) is 3.02. The van der Waals surface area contributed by atoms with Gasteiger partial charge in [0.25, 0.3) is 5.91 Å². The number of amides is 1. The smallest absolute Gasteiger partial charge is 0.257 e. The van der Waals surface area contributed by atoms with Gasteiger partial charge < -0.3 is 15.5 Å². The summed E-state index contributed by atoms with van der Waals surface area (Å²) in [7, 11) is 3.88. The summed E-state index contributed by atoms with van der Waals surface area (Å²) in [5.74, 6) is 0.600. The number of para-hydroxylation sites is 2. The molecule has 2 N–H and O–H groups in total. The van der Waals surface area contributed by atoms with Crippen LogP contribution in [0.3, 0.4) is 0 Å². The zero-order chi connectivity index (χ0) is 15.2. The summed E-state index contributed by atoms with van der Waals surface area (Å²) in [6, 6.07) is 11.2. The van der Waals surface area contributed by atoms with Crippen molar-refractivity contribution >= 4 is 23.1 Å². The molecule has 2 aromatic rings. The monoisotopic (exact) mass is 284 g/mol. The van der Waals surface area contributed by atoms with E-state index in [1.807, 2.05) is 50.2 Å². The topological polar surface area (TPSA) is 57.3 Å². The number of aromatic nitrogens is 1. The summed E-state index contributed by atoms with van der Waals surface area (Å²) in [5.41, 5.74) is 2.27. The third kappa shape index (κ3) is 3.72. The molecular weight excluding hydrogens is 264 g/mol. The SMILES string of the molecule is CCNc1ccc(C(=O)Nc2ccccc2N(C)C)cn1. The lowest BCUT2D eigenvalue weighted by Gasteiger charge is -2.17. The molecule has 0 saturated carbocycles. The second kappa shape index (κ2) is 6.74. The normalized spacial score (nSPS) is 10.0. The van der Waals surface area contributed by atoms with Crippen molar-refractivity contribution in [1.29, 1.82) is 0 Å². The molecule has 0 aliphatic rings. The van der Waals surface area contributed by atoms with Crippen molar-refractivity contribution in [3.8, 4) is 0 Å². The molecule has 5 nitrogen and oxygen atoms in total. The van der Waals surface area contributed by atoms with E-state index >= 15 is 0 Å². The summed E-state index contributed by atoms with van der Waals surface area (Å²) in [6.07, 6.45) is 1.58. The van der Waals surface area contributed by atoms with Gasteiger partial charge in [0.05, 0.1) is 16.9 Å². The molecule has 1 heterocycles. The van der Waals surface area contributed by atoms with Gasteiger partial charge in [-0.25, -0.2) is 4.98 Å². The molecule has 0 aliphatic carbocycles. The fourth-order valence-electron chi connectivity index (χ4n) is 1.98. The van der Waals surface area contributed by atoms with Crippen LogP contribution in [0.15, 0.2) is 42.6 Å². The molecular formula is C16H20N4O. The van der Waals surface area contributed by atoms with E-state index in [1.165, 1.54) is 0 Å². The zero-order valence-electron chi connectivity index (χ0n) is 12.6. The lowest BCUT2D eigenvalue weighted by molar-refractivity contribution is 0.102. The molecule has 0 unspecified atom stereocenters. The first kappa shape index (κ1) is 14.8. The number of hydrogen-bond acceptors (Lipinski definition) is 4. The van der Waals surface area contributed by atoms with Crippen LogP contribution in [0.5, 0.6) is 0 Å². The van der Waals surface area contributed by atoms with E-state index in [0.717, 1.165) is 23.7 Å². The molecule has 0 bridgehead atoms. The summed E-state index contributed by atoms with van der Waals surface area (Å²) >= 11 is 0. The highest BCUT2D eigenvalue weighted by Gasteiger charge is 2.10. The molecule has 110 valence electrons. The Balaban J connectivity index is 2.14. The molecule has 0 radical (unpaired) electrons. The number of carbonyl (C=O) groups is 1. The predicted molar refractivity (Wildman–Crippen MR) is 87.1 cm³/mol. The van der Waals surface area contributed by atoms with E-state index in [2.05, 4.69) is 15.6 Å². The number of hydrogen-bond donors (Lipinski definition) is 2. The number of pyridine rings is 1. The maximum Gasteiger partial charge on any atom is 0.257 e. The first-order chi connectivity index (χ1) is 10.1. The van der Waals surface area contributed by atoms with Crippen molar-refractivity contribution in [3.63, 3.8) is 0 Å².